The number of benzene rings is 1. The predicted molar refractivity (Wildman–Crippen MR) is 65.2 cm³/mol. The highest BCUT2D eigenvalue weighted by Crippen LogP contribution is 2.18. The molecule has 1 heterocycles. The number of sulfonamides is 1. The van der Waals surface area contributed by atoms with Gasteiger partial charge in [-0.25, -0.2) is 17.5 Å². The number of halogens is 1. The zero-order valence-corrected chi connectivity index (χ0v) is 10.9. The van der Waals surface area contributed by atoms with Crippen molar-refractivity contribution in [2.45, 2.75) is 36.8 Å². The van der Waals surface area contributed by atoms with Gasteiger partial charge in [0, 0.05) is 12.6 Å². The molecule has 0 spiro atoms. The second kappa shape index (κ2) is 5.34. The lowest BCUT2D eigenvalue weighted by Gasteiger charge is -2.19. The maximum absolute atomic E-state index is 13.0. The molecule has 1 saturated heterocycles. The Bertz CT molecular complexity index is 512. The first kappa shape index (κ1) is 13.5. The second-order valence-corrected chi connectivity index (χ2v) is 6.13. The fraction of sp³-hybridized carbons (Fsp3) is 0.500. The summed E-state index contributed by atoms with van der Waals surface area (Å²) in [5, 5.41) is 0. The third-order valence-corrected chi connectivity index (χ3v) is 4.53. The number of nitrogens with one attached hydrogen (secondary N) is 1. The fourth-order valence-electron chi connectivity index (χ4n) is 2.02. The van der Waals surface area contributed by atoms with Crippen LogP contribution in [0.5, 0.6) is 0 Å². The Kier molecular flexibility index (Phi) is 3.99. The highest BCUT2D eigenvalue weighted by molar-refractivity contribution is 7.89. The minimum Gasteiger partial charge on any atom is -0.377 e. The molecule has 0 bridgehead atoms. The summed E-state index contributed by atoms with van der Waals surface area (Å²) in [7, 11) is -3.69. The van der Waals surface area contributed by atoms with E-state index in [1.807, 2.05) is 0 Å². The van der Waals surface area contributed by atoms with E-state index >= 15 is 0 Å². The van der Waals surface area contributed by atoms with Gasteiger partial charge in [-0.15, -0.1) is 0 Å². The van der Waals surface area contributed by atoms with Gasteiger partial charge in [0.1, 0.15) is 5.82 Å². The lowest BCUT2D eigenvalue weighted by Crippen LogP contribution is -2.40. The van der Waals surface area contributed by atoms with Crippen LogP contribution in [0.15, 0.2) is 29.2 Å². The van der Waals surface area contributed by atoms with E-state index in [9.17, 15) is 12.8 Å². The molecule has 0 saturated carbocycles. The van der Waals surface area contributed by atoms with Crippen LogP contribution in [0.4, 0.5) is 4.39 Å². The molecule has 1 aromatic rings. The van der Waals surface area contributed by atoms with Gasteiger partial charge >= 0.3 is 0 Å². The van der Waals surface area contributed by atoms with Crippen LogP contribution in [0.2, 0.25) is 0 Å². The van der Waals surface area contributed by atoms with Gasteiger partial charge < -0.3 is 4.74 Å². The van der Waals surface area contributed by atoms with Crippen LogP contribution < -0.4 is 4.72 Å². The topological polar surface area (TPSA) is 55.4 Å². The van der Waals surface area contributed by atoms with Gasteiger partial charge in [-0.1, -0.05) is 6.07 Å². The second-order valence-electron chi connectivity index (χ2n) is 4.42. The highest BCUT2D eigenvalue weighted by Gasteiger charge is 2.26. The number of hydrogen-bond donors (Lipinski definition) is 1. The first-order valence-corrected chi connectivity index (χ1v) is 7.37. The normalized spacial score (nSPS) is 22.0. The van der Waals surface area contributed by atoms with Crippen LogP contribution in [-0.4, -0.2) is 27.2 Å². The molecule has 0 radical (unpaired) electrons. The van der Waals surface area contributed by atoms with Crippen LogP contribution in [0.3, 0.4) is 0 Å². The molecular weight excluding hydrogens is 257 g/mol. The average Bonchev–Trinajstić information content (AvgIpc) is 2.82. The highest BCUT2D eigenvalue weighted by atomic mass is 32.2. The molecular formula is C12H16FNO3S. The molecule has 0 aromatic heterocycles. The van der Waals surface area contributed by atoms with Crippen molar-refractivity contribution in [3.63, 3.8) is 0 Å². The molecule has 6 heteroatoms. The Hall–Kier alpha value is -0.980. The number of ether oxygens (including phenoxy) is 1. The molecule has 18 heavy (non-hydrogen) atoms. The molecule has 1 aliphatic rings. The Balaban J connectivity index is 2.11. The molecule has 1 N–H and O–H groups in total. The summed E-state index contributed by atoms with van der Waals surface area (Å²) in [5.74, 6) is -0.567. The first-order valence-electron chi connectivity index (χ1n) is 5.88. The van der Waals surface area contributed by atoms with Crippen molar-refractivity contribution < 1.29 is 17.5 Å². The molecule has 4 nitrogen and oxygen atoms in total. The van der Waals surface area contributed by atoms with E-state index in [1.165, 1.54) is 18.2 Å². The summed E-state index contributed by atoms with van der Waals surface area (Å²) < 4.78 is 45.0. The maximum Gasteiger partial charge on any atom is 0.241 e. The quantitative estimate of drug-likeness (QED) is 0.908. The summed E-state index contributed by atoms with van der Waals surface area (Å²) in [6.07, 6.45) is 1.68. The van der Waals surface area contributed by atoms with Gasteiger partial charge in [0.2, 0.25) is 10.0 Å². The standard InChI is InChI=1S/C12H16FNO3S/c1-9(12-6-3-7-17-12)14-18(15,16)11-5-2-4-10(13)8-11/h2,4-5,8-9,12,14H,3,6-7H2,1H3/t9-,12-/m1/s1. The number of hydrogen-bond acceptors (Lipinski definition) is 3. The molecule has 1 aliphatic heterocycles. The summed E-state index contributed by atoms with van der Waals surface area (Å²) >= 11 is 0. The molecule has 2 atom stereocenters. The van der Waals surface area contributed by atoms with Gasteiger partial charge in [0.25, 0.3) is 0 Å². The van der Waals surface area contributed by atoms with E-state index in [-0.39, 0.29) is 17.0 Å². The summed E-state index contributed by atoms with van der Waals surface area (Å²) in [5.41, 5.74) is 0. The predicted octanol–water partition coefficient (Wildman–Crippen LogP) is 1.67. The van der Waals surface area contributed by atoms with E-state index in [2.05, 4.69) is 4.72 Å². The Morgan fingerprint density at radius 3 is 2.89 bits per heavy atom. The summed E-state index contributed by atoms with van der Waals surface area (Å²) in [6.45, 7) is 2.42. The van der Waals surface area contributed by atoms with Crippen LogP contribution in [0.25, 0.3) is 0 Å². The molecule has 2 rings (SSSR count). The Labute approximate surface area is 106 Å². The Morgan fingerprint density at radius 1 is 1.50 bits per heavy atom. The third kappa shape index (κ3) is 3.07. The summed E-state index contributed by atoms with van der Waals surface area (Å²) in [6, 6.07) is 4.64. The van der Waals surface area contributed by atoms with Crippen molar-refractivity contribution >= 4 is 10.0 Å². The van der Waals surface area contributed by atoms with E-state index < -0.39 is 15.8 Å². The molecule has 1 fully saturated rings. The molecule has 0 aliphatic carbocycles. The summed E-state index contributed by atoms with van der Waals surface area (Å²) in [4.78, 5) is -0.0626. The van der Waals surface area contributed by atoms with Crippen LogP contribution >= 0.6 is 0 Å². The third-order valence-electron chi connectivity index (χ3n) is 2.97. The smallest absolute Gasteiger partial charge is 0.241 e. The fourth-order valence-corrected chi connectivity index (χ4v) is 3.32. The monoisotopic (exact) mass is 273 g/mol. The molecule has 0 amide bonds. The van der Waals surface area contributed by atoms with E-state index in [0.717, 1.165) is 18.9 Å². The first-order chi connectivity index (χ1) is 8.49. The zero-order chi connectivity index (χ0) is 13.2. The van der Waals surface area contributed by atoms with Gasteiger partial charge in [0.15, 0.2) is 0 Å². The van der Waals surface area contributed by atoms with Gasteiger partial charge in [0.05, 0.1) is 11.0 Å². The van der Waals surface area contributed by atoms with Gasteiger partial charge in [-0.05, 0) is 38.0 Å². The van der Waals surface area contributed by atoms with Crippen LogP contribution in [-0.2, 0) is 14.8 Å². The minimum absolute atomic E-state index is 0.0626. The van der Waals surface area contributed by atoms with E-state index in [1.54, 1.807) is 6.92 Å². The SMILES string of the molecule is C[C@@H](NS(=O)(=O)c1cccc(F)c1)[C@H]1CCCO1. The van der Waals surface area contributed by atoms with Crippen LogP contribution in [0, 0.1) is 5.82 Å². The van der Waals surface area contributed by atoms with E-state index in [4.69, 9.17) is 4.74 Å². The number of rotatable bonds is 4. The largest absolute Gasteiger partial charge is 0.377 e. The van der Waals surface area contributed by atoms with Crippen molar-refractivity contribution in [1.29, 1.82) is 0 Å². The van der Waals surface area contributed by atoms with Crippen molar-refractivity contribution in [2.24, 2.45) is 0 Å². The minimum atomic E-state index is -3.69. The maximum atomic E-state index is 13.0. The van der Waals surface area contributed by atoms with Crippen molar-refractivity contribution in [2.75, 3.05) is 6.61 Å². The molecule has 0 unspecified atom stereocenters. The van der Waals surface area contributed by atoms with Crippen molar-refractivity contribution in [3.05, 3.63) is 30.1 Å². The van der Waals surface area contributed by atoms with Crippen molar-refractivity contribution in [1.82, 2.24) is 4.72 Å². The van der Waals surface area contributed by atoms with Gasteiger partial charge in [-0.2, -0.15) is 0 Å². The van der Waals surface area contributed by atoms with Crippen molar-refractivity contribution in [3.8, 4) is 0 Å². The molecule has 100 valence electrons. The van der Waals surface area contributed by atoms with E-state index in [0.29, 0.717) is 6.61 Å². The van der Waals surface area contributed by atoms with Gasteiger partial charge in [-0.3, -0.25) is 0 Å². The lowest BCUT2D eigenvalue weighted by molar-refractivity contribution is 0.0902. The average molecular weight is 273 g/mol. The Morgan fingerprint density at radius 2 is 2.28 bits per heavy atom. The molecule has 1 aromatic carbocycles. The lowest BCUT2D eigenvalue weighted by atomic mass is 10.1. The zero-order valence-electron chi connectivity index (χ0n) is 10.1. The van der Waals surface area contributed by atoms with Crippen LogP contribution in [0.1, 0.15) is 19.8 Å².